The van der Waals surface area contributed by atoms with Crippen LogP contribution in [0.25, 0.3) is 0 Å². The molecule has 58 heavy (non-hydrogen) atoms. The van der Waals surface area contributed by atoms with E-state index in [1.165, 1.54) is 12.8 Å². The van der Waals surface area contributed by atoms with Crippen LogP contribution in [0.1, 0.15) is 87.0 Å². The lowest BCUT2D eigenvalue weighted by molar-refractivity contribution is 0.0697. The molecular formula is C44H80N2O9Si3. The quantitative estimate of drug-likeness (QED) is 0.0775. The highest BCUT2D eigenvalue weighted by Crippen LogP contribution is 2.24. The highest BCUT2D eigenvalue weighted by molar-refractivity contribution is 6.61. The van der Waals surface area contributed by atoms with Gasteiger partial charge in [0.25, 0.3) is 0 Å². The van der Waals surface area contributed by atoms with E-state index in [1.54, 1.807) is 26.9 Å². The SMILES string of the molecule is CCC1=CC=CC1.CCO[Si](CCCC1C=CC=C1)(OCC)OCC.CCO[Si](CCCn1cccc1)(OCC)OCC.CO[Si](CCCn1cccc1)(OC)OC. The first-order valence-electron chi connectivity index (χ1n) is 21.6. The molecule has 0 amide bonds. The van der Waals surface area contributed by atoms with Gasteiger partial charge in [-0.15, -0.1) is 0 Å². The largest absolute Gasteiger partial charge is 0.500 e. The van der Waals surface area contributed by atoms with Gasteiger partial charge in [0.2, 0.25) is 0 Å². The van der Waals surface area contributed by atoms with Crippen LogP contribution in [-0.4, -0.2) is 96.5 Å². The van der Waals surface area contributed by atoms with E-state index in [4.69, 9.17) is 39.8 Å². The summed E-state index contributed by atoms with van der Waals surface area (Å²) in [4.78, 5) is 0. The van der Waals surface area contributed by atoms with Gasteiger partial charge in [-0.1, -0.05) is 55.0 Å². The topological polar surface area (TPSA) is 92.9 Å². The smallest absolute Gasteiger partial charge is 0.377 e. The van der Waals surface area contributed by atoms with Crippen LogP contribution in [0.15, 0.2) is 97.2 Å². The molecule has 0 bridgehead atoms. The normalized spacial score (nSPS) is 13.8. The Bertz CT molecular complexity index is 1300. The van der Waals surface area contributed by atoms with Crippen molar-refractivity contribution in [1.82, 2.24) is 9.13 Å². The first-order chi connectivity index (χ1) is 28.2. The zero-order chi connectivity index (χ0) is 42.8. The van der Waals surface area contributed by atoms with Crippen LogP contribution in [0.5, 0.6) is 0 Å². The molecule has 0 radical (unpaired) electrons. The molecular weight excluding hydrogens is 785 g/mol. The summed E-state index contributed by atoms with van der Waals surface area (Å²) >= 11 is 0. The van der Waals surface area contributed by atoms with Crippen LogP contribution in [0.4, 0.5) is 0 Å². The number of rotatable bonds is 28. The number of allylic oxidation sites excluding steroid dienone is 8. The van der Waals surface area contributed by atoms with Crippen molar-refractivity contribution < 1.29 is 39.8 Å². The number of nitrogens with zero attached hydrogens (tertiary/aromatic N) is 2. The molecule has 2 aromatic rings. The molecule has 11 nitrogen and oxygen atoms in total. The first-order valence-corrected chi connectivity index (χ1v) is 27.4. The van der Waals surface area contributed by atoms with Crippen LogP contribution >= 0.6 is 0 Å². The summed E-state index contributed by atoms with van der Waals surface area (Å²) in [5, 5.41) is 0. The summed E-state index contributed by atoms with van der Waals surface area (Å²) in [6.45, 7) is 20.1. The van der Waals surface area contributed by atoms with E-state index in [0.29, 0.717) is 45.6 Å². The highest BCUT2D eigenvalue weighted by atomic mass is 28.4. The average molecular weight is 865 g/mol. The van der Waals surface area contributed by atoms with Gasteiger partial charge in [0.05, 0.1) is 0 Å². The maximum absolute atomic E-state index is 5.83. The van der Waals surface area contributed by atoms with Crippen molar-refractivity contribution in [1.29, 1.82) is 0 Å². The molecule has 14 heteroatoms. The molecule has 2 heterocycles. The zero-order valence-corrected chi connectivity index (χ0v) is 40.8. The van der Waals surface area contributed by atoms with Crippen LogP contribution in [0.3, 0.4) is 0 Å². The third-order valence-electron chi connectivity index (χ3n) is 9.40. The van der Waals surface area contributed by atoms with Crippen molar-refractivity contribution in [3.63, 3.8) is 0 Å². The molecule has 0 saturated carbocycles. The fraction of sp³-hybridized carbons (Fsp3) is 0.636. The molecule has 332 valence electrons. The van der Waals surface area contributed by atoms with E-state index in [9.17, 15) is 0 Å². The molecule has 0 atom stereocenters. The van der Waals surface area contributed by atoms with Gasteiger partial charge >= 0.3 is 26.4 Å². The zero-order valence-electron chi connectivity index (χ0n) is 37.8. The summed E-state index contributed by atoms with van der Waals surface area (Å²) in [7, 11) is -2.28. The van der Waals surface area contributed by atoms with E-state index in [0.717, 1.165) is 56.9 Å². The first kappa shape index (κ1) is 53.8. The molecule has 0 N–H and O–H groups in total. The van der Waals surface area contributed by atoms with Crippen molar-refractivity contribution in [3.05, 3.63) is 97.2 Å². The van der Waals surface area contributed by atoms with E-state index in [2.05, 4.69) is 83.4 Å². The third-order valence-corrected chi connectivity index (χ3v) is 18.5. The number of hydrogen-bond donors (Lipinski definition) is 0. The number of aryl methyl sites for hydroxylation is 2. The maximum atomic E-state index is 5.83. The second-order valence-electron chi connectivity index (χ2n) is 13.4. The van der Waals surface area contributed by atoms with Gasteiger partial charge < -0.3 is 49.0 Å². The molecule has 0 aliphatic heterocycles. The molecule has 0 fully saturated rings. The summed E-state index contributed by atoms with van der Waals surface area (Å²) in [6.07, 6.45) is 30.1. The standard InChI is InChI=1S/C14H26O3Si.C13H25NO3Si.C10H19NO3Si.C7H10/c2*1-4-15-18(16-5-2,17-6-3)13-9-12-14-10-7-8-11-14;1-12-15(13-2,14-3)10-6-9-11-7-4-5-8-11;1-2-7-5-3-4-6-7/h7-8,10-11,14H,4-6,9,12-13H2,1-3H3;7-8,10-11H,4-6,9,12-13H2,1-3H3;4-5,7-8H,6,9-10H2,1-3H3;3-5H,2,6H2,1H3. The minimum Gasteiger partial charge on any atom is -0.377 e. The minimum absolute atomic E-state index is 0.585. The van der Waals surface area contributed by atoms with Crippen molar-refractivity contribution >= 4 is 26.4 Å². The van der Waals surface area contributed by atoms with E-state index in [1.807, 2.05) is 65.8 Å². The van der Waals surface area contributed by atoms with Gasteiger partial charge in [0.1, 0.15) is 0 Å². The van der Waals surface area contributed by atoms with Crippen LogP contribution in [0.2, 0.25) is 18.1 Å². The van der Waals surface area contributed by atoms with Crippen LogP contribution in [0, 0.1) is 5.92 Å². The van der Waals surface area contributed by atoms with Gasteiger partial charge in [0.15, 0.2) is 0 Å². The van der Waals surface area contributed by atoms with E-state index >= 15 is 0 Å². The predicted molar refractivity (Wildman–Crippen MR) is 244 cm³/mol. The molecule has 2 aliphatic carbocycles. The second-order valence-corrected chi connectivity index (χ2v) is 22.0. The second kappa shape index (κ2) is 33.5. The van der Waals surface area contributed by atoms with Crippen molar-refractivity contribution in [2.75, 3.05) is 61.0 Å². The van der Waals surface area contributed by atoms with Gasteiger partial charge in [-0.3, -0.25) is 0 Å². The van der Waals surface area contributed by atoms with Crippen LogP contribution in [-0.2, 0) is 52.9 Å². The minimum atomic E-state index is -2.44. The summed E-state index contributed by atoms with van der Waals surface area (Å²) < 4.78 is 55.3. The maximum Gasteiger partial charge on any atom is 0.500 e. The molecule has 2 aliphatic rings. The fourth-order valence-electron chi connectivity index (χ4n) is 6.53. The molecule has 2 aromatic heterocycles. The lowest BCUT2D eigenvalue weighted by atomic mass is 10.1. The van der Waals surface area contributed by atoms with Gasteiger partial charge in [-0.2, -0.15) is 0 Å². The third kappa shape index (κ3) is 22.4. The molecule has 0 spiro atoms. The van der Waals surface area contributed by atoms with Crippen molar-refractivity contribution in [2.24, 2.45) is 5.92 Å². The number of hydrogen-bond acceptors (Lipinski definition) is 9. The predicted octanol–water partition coefficient (Wildman–Crippen LogP) is 10.5. The Morgan fingerprint density at radius 2 is 0.897 bits per heavy atom. The molecule has 0 saturated heterocycles. The summed E-state index contributed by atoms with van der Waals surface area (Å²) in [5.74, 6) is 0.585. The molecule has 4 rings (SSSR count). The van der Waals surface area contributed by atoms with Gasteiger partial charge in [-0.25, -0.2) is 0 Å². The van der Waals surface area contributed by atoms with Gasteiger partial charge in [-0.05, 0) is 110 Å². The van der Waals surface area contributed by atoms with Gasteiger partial charge in [0, 0.05) is 117 Å². The van der Waals surface area contributed by atoms with Crippen molar-refractivity contribution in [2.45, 2.75) is 118 Å². The molecule has 0 aromatic carbocycles. The lowest BCUT2D eigenvalue weighted by Gasteiger charge is -2.28. The Kier molecular flexibility index (Phi) is 31.1. The Balaban J connectivity index is 0.000000402. The number of aromatic nitrogens is 2. The average Bonchev–Trinajstić information content (AvgIpc) is 4.09. The Labute approximate surface area is 356 Å². The van der Waals surface area contributed by atoms with Crippen LogP contribution < -0.4 is 0 Å². The fourth-order valence-corrected chi connectivity index (χ4v) is 13.5. The van der Waals surface area contributed by atoms with Crippen molar-refractivity contribution in [3.8, 4) is 0 Å². The summed E-state index contributed by atoms with van der Waals surface area (Å²) in [5.41, 5.74) is 1.56. The summed E-state index contributed by atoms with van der Waals surface area (Å²) in [6, 6.07) is 10.8. The highest BCUT2D eigenvalue weighted by Gasteiger charge is 2.40. The molecule has 0 unspecified atom stereocenters. The Hall–Kier alpha value is -2.19. The monoisotopic (exact) mass is 865 g/mol. The Morgan fingerprint density at radius 3 is 1.21 bits per heavy atom. The lowest BCUT2D eigenvalue weighted by Crippen LogP contribution is -2.46. The van der Waals surface area contributed by atoms with E-state index in [-0.39, 0.29) is 0 Å². The van der Waals surface area contributed by atoms with E-state index < -0.39 is 26.4 Å². The Morgan fingerprint density at radius 1 is 0.517 bits per heavy atom.